The van der Waals surface area contributed by atoms with Gasteiger partial charge < -0.3 is 10.4 Å². The van der Waals surface area contributed by atoms with Crippen LogP contribution in [0.25, 0.3) is 0 Å². The maximum Gasteiger partial charge on any atom is 0.171 e. The lowest BCUT2D eigenvalue weighted by molar-refractivity contribution is 0.283. The molecule has 0 bridgehead atoms. The van der Waals surface area contributed by atoms with Gasteiger partial charge in [0.05, 0.1) is 11.4 Å². The molecule has 0 aliphatic carbocycles. The van der Waals surface area contributed by atoms with Crippen molar-refractivity contribution in [2.24, 2.45) is 0 Å². The summed E-state index contributed by atoms with van der Waals surface area (Å²) in [5.41, 5.74) is 1.75. The van der Waals surface area contributed by atoms with Gasteiger partial charge in [0, 0.05) is 13.2 Å². The summed E-state index contributed by atoms with van der Waals surface area (Å²) in [7, 11) is 0. The quantitative estimate of drug-likeness (QED) is 0.753. The van der Waals surface area contributed by atoms with E-state index in [2.05, 4.69) is 15.3 Å². The number of aryl methyl sites for hydroxylation is 2. The highest BCUT2D eigenvalue weighted by Gasteiger charge is 2.05. The number of rotatable bonds is 6. The molecule has 0 aliphatic rings. The smallest absolute Gasteiger partial charge is 0.171 e. The van der Waals surface area contributed by atoms with E-state index in [1.54, 1.807) is 0 Å². The molecule has 5 heteroatoms. The van der Waals surface area contributed by atoms with Crippen LogP contribution in [-0.2, 0) is 0 Å². The van der Waals surface area contributed by atoms with Gasteiger partial charge in [0.15, 0.2) is 11.0 Å². The van der Waals surface area contributed by atoms with Crippen molar-refractivity contribution in [2.75, 3.05) is 18.5 Å². The van der Waals surface area contributed by atoms with Crippen molar-refractivity contribution in [1.82, 2.24) is 9.97 Å². The van der Waals surface area contributed by atoms with Gasteiger partial charge >= 0.3 is 0 Å². The van der Waals surface area contributed by atoms with Crippen LogP contribution in [-0.4, -0.2) is 28.2 Å². The number of halogens is 1. The van der Waals surface area contributed by atoms with Crippen LogP contribution in [0.5, 0.6) is 0 Å². The SMILES string of the molecule is Cc1nc(Cl)c(NCCCCCO)nc1C. The lowest BCUT2D eigenvalue weighted by Crippen LogP contribution is -2.07. The third kappa shape index (κ3) is 3.94. The Kier molecular flexibility index (Phi) is 5.49. The number of hydrogen-bond acceptors (Lipinski definition) is 4. The van der Waals surface area contributed by atoms with Gasteiger partial charge in [-0.2, -0.15) is 0 Å². The van der Waals surface area contributed by atoms with E-state index in [-0.39, 0.29) is 6.61 Å². The molecule has 0 aromatic carbocycles. The summed E-state index contributed by atoms with van der Waals surface area (Å²) < 4.78 is 0. The van der Waals surface area contributed by atoms with E-state index in [1.165, 1.54) is 0 Å². The Morgan fingerprint density at radius 2 is 1.81 bits per heavy atom. The van der Waals surface area contributed by atoms with Gasteiger partial charge in [-0.15, -0.1) is 0 Å². The predicted molar refractivity (Wildman–Crippen MR) is 65.9 cm³/mol. The third-order valence-electron chi connectivity index (χ3n) is 2.39. The van der Waals surface area contributed by atoms with Crippen molar-refractivity contribution >= 4 is 17.4 Å². The van der Waals surface area contributed by atoms with Crippen molar-refractivity contribution in [1.29, 1.82) is 0 Å². The number of anilines is 1. The minimum absolute atomic E-state index is 0.254. The minimum atomic E-state index is 0.254. The molecule has 0 radical (unpaired) electrons. The number of nitrogens with one attached hydrogen (secondary N) is 1. The highest BCUT2D eigenvalue weighted by Crippen LogP contribution is 2.18. The molecule has 1 aromatic heterocycles. The second-order valence-electron chi connectivity index (χ2n) is 3.74. The summed E-state index contributed by atoms with van der Waals surface area (Å²) in [6, 6.07) is 0. The number of hydrogen-bond donors (Lipinski definition) is 2. The van der Waals surface area contributed by atoms with E-state index in [9.17, 15) is 0 Å². The zero-order valence-corrected chi connectivity index (χ0v) is 10.5. The molecule has 0 atom stereocenters. The third-order valence-corrected chi connectivity index (χ3v) is 2.66. The molecule has 16 heavy (non-hydrogen) atoms. The summed E-state index contributed by atoms with van der Waals surface area (Å²) in [6.07, 6.45) is 2.83. The summed E-state index contributed by atoms with van der Waals surface area (Å²) >= 11 is 5.97. The number of nitrogens with zero attached hydrogens (tertiary/aromatic N) is 2. The van der Waals surface area contributed by atoms with Crippen LogP contribution in [0.1, 0.15) is 30.7 Å². The Bertz CT molecular complexity index is 344. The van der Waals surface area contributed by atoms with Crippen molar-refractivity contribution in [2.45, 2.75) is 33.1 Å². The number of unbranched alkanes of at least 4 members (excludes halogenated alkanes) is 2. The fourth-order valence-corrected chi connectivity index (χ4v) is 1.54. The molecule has 4 nitrogen and oxygen atoms in total. The summed E-state index contributed by atoms with van der Waals surface area (Å²) in [5, 5.41) is 12.2. The van der Waals surface area contributed by atoms with Crippen LogP contribution >= 0.6 is 11.6 Å². The first-order chi connectivity index (χ1) is 7.65. The molecule has 1 aromatic rings. The lowest BCUT2D eigenvalue weighted by Gasteiger charge is -2.08. The predicted octanol–water partition coefficient (Wildman–Crippen LogP) is 2.32. The molecule has 0 unspecified atom stereocenters. The van der Waals surface area contributed by atoms with Gasteiger partial charge in [-0.3, -0.25) is 0 Å². The van der Waals surface area contributed by atoms with Crippen LogP contribution in [0.4, 0.5) is 5.82 Å². The molecule has 0 fully saturated rings. The van der Waals surface area contributed by atoms with Crippen molar-refractivity contribution in [3.05, 3.63) is 16.5 Å². The van der Waals surface area contributed by atoms with E-state index in [4.69, 9.17) is 16.7 Å². The second kappa shape index (κ2) is 6.66. The molecule has 0 saturated heterocycles. The molecule has 90 valence electrons. The molecule has 1 heterocycles. The molecular weight excluding hydrogens is 226 g/mol. The summed E-state index contributed by atoms with van der Waals surface area (Å²) in [4.78, 5) is 8.52. The highest BCUT2D eigenvalue weighted by molar-refractivity contribution is 6.31. The molecular formula is C11H18ClN3O. The normalized spacial score (nSPS) is 10.5. The summed E-state index contributed by atoms with van der Waals surface area (Å²) in [6.45, 7) is 4.86. The zero-order chi connectivity index (χ0) is 12.0. The van der Waals surface area contributed by atoms with Crippen LogP contribution in [0.15, 0.2) is 0 Å². The number of aliphatic hydroxyl groups excluding tert-OH is 1. The molecule has 0 saturated carbocycles. The van der Waals surface area contributed by atoms with Crippen molar-refractivity contribution < 1.29 is 5.11 Å². The van der Waals surface area contributed by atoms with Gasteiger partial charge in [-0.1, -0.05) is 11.6 Å². The van der Waals surface area contributed by atoms with E-state index in [0.29, 0.717) is 11.0 Å². The van der Waals surface area contributed by atoms with Crippen LogP contribution < -0.4 is 5.32 Å². The molecule has 0 spiro atoms. The minimum Gasteiger partial charge on any atom is -0.396 e. The fraction of sp³-hybridized carbons (Fsp3) is 0.636. The second-order valence-corrected chi connectivity index (χ2v) is 4.10. The maximum atomic E-state index is 8.63. The van der Waals surface area contributed by atoms with Crippen LogP contribution in [0, 0.1) is 13.8 Å². The van der Waals surface area contributed by atoms with E-state index >= 15 is 0 Å². The van der Waals surface area contributed by atoms with Gasteiger partial charge in [-0.05, 0) is 33.1 Å². The Morgan fingerprint density at radius 3 is 2.50 bits per heavy atom. The lowest BCUT2D eigenvalue weighted by atomic mass is 10.2. The first-order valence-electron chi connectivity index (χ1n) is 5.50. The maximum absolute atomic E-state index is 8.63. The Labute approximate surface area is 101 Å². The van der Waals surface area contributed by atoms with Gasteiger partial charge in [0.1, 0.15) is 0 Å². The Balaban J connectivity index is 2.45. The van der Waals surface area contributed by atoms with Gasteiger partial charge in [-0.25, -0.2) is 9.97 Å². The summed E-state index contributed by atoms with van der Waals surface area (Å²) in [5.74, 6) is 0.647. The average molecular weight is 244 g/mol. The van der Waals surface area contributed by atoms with Crippen LogP contribution in [0.2, 0.25) is 5.15 Å². The molecule has 1 rings (SSSR count). The first kappa shape index (κ1) is 13.2. The average Bonchev–Trinajstić information content (AvgIpc) is 2.25. The van der Waals surface area contributed by atoms with Gasteiger partial charge in [0.2, 0.25) is 0 Å². The van der Waals surface area contributed by atoms with E-state index < -0.39 is 0 Å². The first-order valence-corrected chi connectivity index (χ1v) is 5.88. The topological polar surface area (TPSA) is 58.0 Å². The van der Waals surface area contributed by atoms with Gasteiger partial charge in [0.25, 0.3) is 0 Å². The van der Waals surface area contributed by atoms with Crippen LogP contribution in [0.3, 0.4) is 0 Å². The molecule has 0 amide bonds. The van der Waals surface area contributed by atoms with E-state index in [1.807, 2.05) is 13.8 Å². The molecule has 0 aliphatic heterocycles. The highest BCUT2D eigenvalue weighted by atomic mass is 35.5. The number of aliphatic hydroxyl groups is 1. The van der Waals surface area contributed by atoms with Crippen molar-refractivity contribution in [3.63, 3.8) is 0 Å². The number of aromatic nitrogens is 2. The standard InChI is InChI=1S/C11H18ClN3O/c1-8-9(2)15-11(10(12)14-8)13-6-4-3-5-7-16/h16H,3-7H2,1-2H3,(H,13,15). The monoisotopic (exact) mass is 243 g/mol. The Hall–Kier alpha value is -0.870. The molecule has 2 N–H and O–H groups in total. The van der Waals surface area contributed by atoms with E-state index in [0.717, 1.165) is 37.2 Å². The Morgan fingerprint density at radius 1 is 1.12 bits per heavy atom. The van der Waals surface area contributed by atoms with Crippen molar-refractivity contribution in [3.8, 4) is 0 Å². The largest absolute Gasteiger partial charge is 0.396 e. The fourth-order valence-electron chi connectivity index (χ4n) is 1.31. The zero-order valence-electron chi connectivity index (χ0n) is 9.76.